The van der Waals surface area contributed by atoms with E-state index < -0.39 is 5.60 Å². The van der Waals surface area contributed by atoms with Gasteiger partial charge in [0, 0.05) is 17.3 Å². The molecule has 1 amide bonds. The summed E-state index contributed by atoms with van der Waals surface area (Å²) in [6.07, 6.45) is 0.543. The smallest absolute Gasteiger partial charge is 0.410 e. The first-order chi connectivity index (χ1) is 8.26. The van der Waals surface area contributed by atoms with Gasteiger partial charge < -0.3 is 4.74 Å². The summed E-state index contributed by atoms with van der Waals surface area (Å²) in [7, 11) is 0. The van der Waals surface area contributed by atoms with Crippen molar-refractivity contribution in [3.63, 3.8) is 0 Å². The average Bonchev–Trinajstić information content (AvgIpc) is 2.53. The van der Waals surface area contributed by atoms with E-state index in [0.29, 0.717) is 6.54 Å². The summed E-state index contributed by atoms with van der Waals surface area (Å²) >= 11 is 4.98. The molecule has 0 fully saturated rings. The van der Waals surface area contributed by atoms with Crippen LogP contribution in [0.4, 0.5) is 4.79 Å². The third-order valence-corrected chi connectivity index (χ3v) is 4.25. The highest BCUT2D eigenvalue weighted by molar-refractivity contribution is 9.11. The summed E-state index contributed by atoms with van der Waals surface area (Å²) in [5.74, 6) is 0. The third kappa shape index (κ3) is 3.03. The number of rotatable bonds is 0. The fraction of sp³-hybridized carbons (Fsp3) is 0.667. The summed E-state index contributed by atoms with van der Waals surface area (Å²) in [4.78, 5) is 19.5. The first kappa shape index (κ1) is 13.8. The average molecular weight is 333 g/mol. The van der Waals surface area contributed by atoms with Gasteiger partial charge in [-0.2, -0.15) is 0 Å². The first-order valence-electron chi connectivity index (χ1n) is 5.90. The quantitative estimate of drug-likeness (QED) is 0.729. The van der Waals surface area contributed by atoms with Crippen molar-refractivity contribution < 1.29 is 9.53 Å². The van der Waals surface area contributed by atoms with Crippen molar-refractivity contribution in [1.82, 2.24) is 9.88 Å². The van der Waals surface area contributed by atoms with Crippen LogP contribution in [0.2, 0.25) is 0 Å². The molecule has 1 aromatic heterocycles. The summed E-state index contributed by atoms with van der Waals surface area (Å²) < 4.78 is 6.31. The number of hydrogen-bond donors (Lipinski definition) is 0. The molecule has 1 unspecified atom stereocenters. The molecule has 4 nitrogen and oxygen atoms in total. The van der Waals surface area contributed by atoms with Crippen LogP contribution in [-0.2, 0) is 17.7 Å². The van der Waals surface area contributed by atoms with Gasteiger partial charge in [0.2, 0.25) is 0 Å². The lowest BCUT2D eigenvalue weighted by Gasteiger charge is -2.34. The molecule has 0 N–H and O–H groups in total. The normalized spacial score (nSPS) is 19.6. The van der Waals surface area contributed by atoms with E-state index in [9.17, 15) is 4.79 Å². The Morgan fingerprint density at radius 3 is 2.83 bits per heavy atom. The van der Waals surface area contributed by atoms with E-state index in [-0.39, 0.29) is 12.1 Å². The lowest BCUT2D eigenvalue weighted by molar-refractivity contribution is 0.0140. The van der Waals surface area contributed by atoms with Crippen molar-refractivity contribution in [2.45, 2.75) is 52.3 Å². The molecule has 1 aliphatic heterocycles. The summed E-state index contributed by atoms with van der Waals surface area (Å²) in [6, 6.07) is 0.126. The van der Waals surface area contributed by atoms with Crippen LogP contribution in [0, 0.1) is 0 Å². The number of fused-ring (bicyclic) bond motifs is 1. The van der Waals surface area contributed by atoms with Gasteiger partial charge in [0.25, 0.3) is 0 Å². The number of carbonyl (C=O) groups is 1. The van der Waals surface area contributed by atoms with Crippen molar-refractivity contribution >= 4 is 33.4 Å². The van der Waals surface area contributed by atoms with Gasteiger partial charge in [-0.3, -0.25) is 4.90 Å². The Labute approximate surface area is 119 Å². The Morgan fingerprint density at radius 1 is 1.56 bits per heavy atom. The highest BCUT2D eigenvalue weighted by atomic mass is 79.9. The monoisotopic (exact) mass is 332 g/mol. The number of nitrogens with zero attached hydrogens (tertiary/aromatic N) is 2. The number of aromatic nitrogens is 1. The zero-order valence-electron chi connectivity index (χ0n) is 11.0. The number of hydrogen-bond acceptors (Lipinski definition) is 4. The molecule has 18 heavy (non-hydrogen) atoms. The first-order valence-corrected chi connectivity index (χ1v) is 7.51. The Hall–Kier alpha value is -0.620. The highest BCUT2D eigenvalue weighted by Crippen LogP contribution is 2.31. The van der Waals surface area contributed by atoms with E-state index in [0.717, 1.165) is 20.9 Å². The largest absolute Gasteiger partial charge is 0.444 e. The molecule has 2 rings (SSSR count). The Balaban J connectivity index is 2.14. The lowest BCUT2D eigenvalue weighted by Crippen LogP contribution is -2.44. The van der Waals surface area contributed by atoms with Crippen LogP contribution in [0.3, 0.4) is 0 Å². The molecule has 1 atom stereocenters. The second-order valence-corrected chi connectivity index (χ2v) is 7.86. The van der Waals surface area contributed by atoms with E-state index in [1.807, 2.05) is 27.7 Å². The van der Waals surface area contributed by atoms with Crippen molar-refractivity contribution in [2.24, 2.45) is 0 Å². The lowest BCUT2D eigenvalue weighted by atomic mass is 10.1. The van der Waals surface area contributed by atoms with Gasteiger partial charge in [0.1, 0.15) is 5.60 Å². The predicted molar refractivity (Wildman–Crippen MR) is 74.8 cm³/mol. The maximum atomic E-state index is 12.1. The van der Waals surface area contributed by atoms with Gasteiger partial charge in [0.05, 0.1) is 12.2 Å². The van der Waals surface area contributed by atoms with Crippen LogP contribution < -0.4 is 0 Å². The Morgan fingerprint density at radius 2 is 2.22 bits per heavy atom. The number of halogens is 1. The maximum Gasteiger partial charge on any atom is 0.410 e. The summed E-state index contributed by atoms with van der Waals surface area (Å²) in [5, 5.41) is 0. The molecular weight excluding hydrogens is 316 g/mol. The minimum atomic E-state index is -0.453. The molecule has 0 aromatic carbocycles. The Bertz CT molecular complexity index is 467. The molecule has 1 aliphatic rings. The van der Waals surface area contributed by atoms with Gasteiger partial charge in [-0.05, 0) is 43.6 Å². The Kier molecular flexibility index (Phi) is 3.69. The SMILES string of the molecule is CC1Cc2nc(Br)sc2CN1C(=O)OC(C)(C)C. The van der Waals surface area contributed by atoms with Gasteiger partial charge in [-0.1, -0.05) is 0 Å². The van der Waals surface area contributed by atoms with Crippen molar-refractivity contribution in [3.8, 4) is 0 Å². The fourth-order valence-corrected chi connectivity index (χ4v) is 3.51. The van der Waals surface area contributed by atoms with Crippen molar-refractivity contribution in [2.75, 3.05) is 0 Å². The van der Waals surface area contributed by atoms with Crippen LogP contribution >= 0.6 is 27.3 Å². The van der Waals surface area contributed by atoms with Crippen molar-refractivity contribution in [3.05, 3.63) is 14.5 Å². The van der Waals surface area contributed by atoms with Crippen molar-refractivity contribution in [1.29, 1.82) is 0 Å². The molecule has 0 bridgehead atoms. The number of ether oxygens (including phenoxy) is 1. The molecule has 6 heteroatoms. The minimum Gasteiger partial charge on any atom is -0.444 e. The van der Waals surface area contributed by atoms with Crippen LogP contribution in [-0.4, -0.2) is 27.6 Å². The van der Waals surface area contributed by atoms with Crippen LogP contribution in [0.1, 0.15) is 38.3 Å². The zero-order chi connectivity index (χ0) is 13.5. The topological polar surface area (TPSA) is 42.4 Å². The number of thiazole rings is 1. The molecule has 2 heterocycles. The van der Waals surface area contributed by atoms with Gasteiger partial charge >= 0.3 is 6.09 Å². The van der Waals surface area contributed by atoms with E-state index in [1.165, 1.54) is 0 Å². The zero-order valence-corrected chi connectivity index (χ0v) is 13.4. The highest BCUT2D eigenvalue weighted by Gasteiger charge is 2.32. The summed E-state index contributed by atoms with van der Waals surface area (Å²) in [6.45, 7) is 8.27. The summed E-state index contributed by atoms with van der Waals surface area (Å²) in [5.41, 5.74) is 0.643. The maximum absolute atomic E-state index is 12.1. The van der Waals surface area contributed by atoms with Gasteiger partial charge in [-0.15, -0.1) is 11.3 Å². The molecule has 0 saturated heterocycles. The predicted octanol–water partition coefficient (Wildman–Crippen LogP) is 3.59. The van der Waals surface area contributed by atoms with Gasteiger partial charge in [-0.25, -0.2) is 9.78 Å². The second-order valence-electron chi connectivity index (χ2n) is 5.50. The second kappa shape index (κ2) is 4.81. The number of amides is 1. The van der Waals surface area contributed by atoms with E-state index >= 15 is 0 Å². The molecule has 1 aromatic rings. The van der Waals surface area contributed by atoms with E-state index in [1.54, 1.807) is 16.2 Å². The van der Waals surface area contributed by atoms with Crippen LogP contribution in [0.15, 0.2) is 3.92 Å². The molecule has 100 valence electrons. The molecule has 0 radical (unpaired) electrons. The van der Waals surface area contributed by atoms with E-state index in [2.05, 4.69) is 20.9 Å². The fourth-order valence-electron chi connectivity index (χ4n) is 1.90. The molecular formula is C12H17BrN2O2S. The molecule has 0 aliphatic carbocycles. The van der Waals surface area contributed by atoms with E-state index in [4.69, 9.17) is 4.74 Å². The van der Waals surface area contributed by atoms with Crippen LogP contribution in [0.5, 0.6) is 0 Å². The van der Waals surface area contributed by atoms with Crippen LogP contribution in [0.25, 0.3) is 0 Å². The molecule has 0 spiro atoms. The standard InChI is InChI=1S/C12H17BrN2O2S/c1-7-5-8-9(18-10(13)14-8)6-15(7)11(16)17-12(2,3)4/h7H,5-6H2,1-4H3. The minimum absolute atomic E-state index is 0.126. The third-order valence-electron chi connectivity index (χ3n) is 2.71. The van der Waals surface area contributed by atoms with Gasteiger partial charge in [0.15, 0.2) is 3.92 Å². The number of carbonyl (C=O) groups excluding carboxylic acids is 1. The molecule has 0 saturated carbocycles.